The third kappa shape index (κ3) is 4.44. The standard InChI is InChI=1S/C17H19BrINO/c1-3-20-17(15-11-13(18)8-9-16(15)19)12-6-5-7-14(10-12)21-4-2/h5-11,17,20H,3-4H2,1-2H3. The highest BCUT2D eigenvalue weighted by Gasteiger charge is 2.16. The van der Waals surface area contributed by atoms with Gasteiger partial charge in [0.15, 0.2) is 0 Å². The minimum absolute atomic E-state index is 0.166. The van der Waals surface area contributed by atoms with Gasteiger partial charge in [0.25, 0.3) is 0 Å². The van der Waals surface area contributed by atoms with E-state index < -0.39 is 0 Å². The lowest BCUT2D eigenvalue weighted by molar-refractivity contribution is 0.339. The zero-order valence-corrected chi connectivity index (χ0v) is 15.9. The summed E-state index contributed by atoms with van der Waals surface area (Å²) >= 11 is 5.96. The molecule has 0 saturated carbocycles. The van der Waals surface area contributed by atoms with Gasteiger partial charge in [-0.1, -0.05) is 35.0 Å². The Labute approximate surface area is 148 Å². The first-order valence-electron chi connectivity index (χ1n) is 7.06. The van der Waals surface area contributed by atoms with E-state index in [1.165, 1.54) is 14.7 Å². The van der Waals surface area contributed by atoms with E-state index in [4.69, 9.17) is 4.74 Å². The van der Waals surface area contributed by atoms with Gasteiger partial charge in [-0.15, -0.1) is 0 Å². The molecule has 2 nitrogen and oxygen atoms in total. The van der Waals surface area contributed by atoms with Gasteiger partial charge in [0.1, 0.15) is 5.75 Å². The van der Waals surface area contributed by atoms with Crippen LogP contribution in [-0.2, 0) is 0 Å². The summed E-state index contributed by atoms with van der Waals surface area (Å²) in [5.41, 5.74) is 2.50. The van der Waals surface area contributed by atoms with E-state index in [-0.39, 0.29) is 6.04 Å². The van der Waals surface area contributed by atoms with Gasteiger partial charge in [-0.05, 0) is 77.5 Å². The first kappa shape index (κ1) is 16.8. The summed E-state index contributed by atoms with van der Waals surface area (Å²) in [6.07, 6.45) is 0. The molecule has 2 aromatic carbocycles. The van der Waals surface area contributed by atoms with Crippen LogP contribution >= 0.6 is 38.5 Å². The molecule has 112 valence electrons. The molecule has 0 bridgehead atoms. The quantitative estimate of drug-likeness (QED) is 0.603. The van der Waals surface area contributed by atoms with Crippen LogP contribution < -0.4 is 10.1 Å². The SMILES string of the molecule is CCNC(c1cccc(OCC)c1)c1cc(Br)ccc1I. The highest BCUT2D eigenvalue weighted by molar-refractivity contribution is 14.1. The number of hydrogen-bond acceptors (Lipinski definition) is 2. The number of benzene rings is 2. The summed E-state index contributed by atoms with van der Waals surface area (Å²) in [7, 11) is 0. The summed E-state index contributed by atoms with van der Waals surface area (Å²) in [5, 5.41) is 3.57. The molecular weight excluding hydrogens is 441 g/mol. The summed E-state index contributed by atoms with van der Waals surface area (Å²) in [4.78, 5) is 0. The van der Waals surface area contributed by atoms with Crippen LogP contribution in [0.5, 0.6) is 5.75 Å². The van der Waals surface area contributed by atoms with Gasteiger partial charge in [0.2, 0.25) is 0 Å². The number of ether oxygens (including phenoxy) is 1. The summed E-state index contributed by atoms with van der Waals surface area (Å²) in [6.45, 7) is 5.73. The largest absolute Gasteiger partial charge is 0.494 e. The van der Waals surface area contributed by atoms with E-state index in [1.807, 2.05) is 13.0 Å². The molecule has 0 saturated heterocycles. The molecule has 0 aliphatic heterocycles. The van der Waals surface area contributed by atoms with E-state index >= 15 is 0 Å². The minimum atomic E-state index is 0.166. The molecule has 2 rings (SSSR count). The van der Waals surface area contributed by atoms with E-state index in [0.29, 0.717) is 6.61 Å². The first-order chi connectivity index (χ1) is 10.2. The molecular formula is C17H19BrINO. The molecule has 2 aromatic rings. The van der Waals surface area contributed by atoms with Gasteiger partial charge in [0, 0.05) is 8.04 Å². The number of nitrogens with one attached hydrogen (secondary N) is 1. The zero-order chi connectivity index (χ0) is 15.2. The molecule has 0 heterocycles. The van der Waals surface area contributed by atoms with Gasteiger partial charge in [-0.25, -0.2) is 0 Å². The highest BCUT2D eigenvalue weighted by atomic mass is 127. The average molecular weight is 460 g/mol. The fraction of sp³-hybridized carbons (Fsp3) is 0.294. The fourth-order valence-corrected chi connectivity index (χ4v) is 3.32. The minimum Gasteiger partial charge on any atom is -0.494 e. The number of hydrogen-bond donors (Lipinski definition) is 1. The van der Waals surface area contributed by atoms with Crippen molar-refractivity contribution in [2.24, 2.45) is 0 Å². The Morgan fingerprint density at radius 1 is 1.19 bits per heavy atom. The van der Waals surface area contributed by atoms with Crippen LogP contribution in [0.2, 0.25) is 0 Å². The maximum Gasteiger partial charge on any atom is 0.119 e. The average Bonchev–Trinajstić information content (AvgIpc) is 2.48. The molecule has 0 spiro atoms. The third-order valence-electron chi connectivity index (χ3n) is 3.18. The van der Waals surface area contributed by atoms with Gasteiger partial charge >= 0.3 is 0 Å². The molecule has 0 fully saturated rings. The number of halogens is 2. The predicted molar refractivity (Wildman–Crippen MR) is 100.0 cm³/mol. The van der Waals surface area contributed by atoms with Crippen LogP contribution in [0.1, 0.15) is 31.0 Å². The zero-order valence-electron chi connectivity index (χ0n) is 12.2. The lowest BCUT2D eigenvalue weighted by Crippen LogP contribution is -2.23. The van der Waals surface area contributed by atoms with Crippen molar-refractivity contribution in [1.29, 1.82) is 0 Å². The lowest BCUT2D eigenvalue weighted by atomic mass is 9.98. The molecule has 4 heteroatoms. The Bertz CT molecular complexity index is 603. The van der Waals surface area contributed by atoms with Crippen molar-refractivity contribution >= 4 is 38.5 Å². The third-order valence-corrected chi connectivity index (χ3v) is 4.66. The Balaban J connectivity index is 2.42. The van der Waals surface area contributed by atoms with Crippen molar-refractivity contribution in [1.82, 2.24) is 5.32 Å². The van der Waals surface area contributed by atoms with E-state index in [2.05, 4.69) is 87.2 Å². The lowest BCUT2D eigenvalue weighted by Gasteiger charge is -2.21. The van der Waals surface area contributed by atoms with Gasteiger partial charge in [-0.3, -0.25) is 0 Å². The summed E-state index contributed by atoms with van der Waals surface area (Å²) < 4.78 is 7.98. The molecule has 0 aromatic heterocycles. The van der Waals surface area contributed by atoms with Crippen LogP contribution in [0.25, 0.3) is 0 Å². The molecule has 1 unspecified atom stereocenters. The smallest absolute Gasteiger partial charge is 0.119 e. The van der Waals surface area contributed by atoms with Gasteiger partial charge in [-0.2, -0.15) is 0 Å². The molecule has 1 atom stereocenters. The molecule has 1 N–H and O–H groups in total. The van der Waals surface area contributed by atoms with Gasteiger partial charge in [0.05, 0.1) is 12.6 Å². The monoisotopic (exact) mass is 459 g/mol. The fourth-order valence-electron chi connectivity index (χ4n) is 2.30. The predicted octanol–water partition coefficient (Wildman–Crippen LogP) is 5.15. The second-order valence-electron chi connectivity index (χ2n) is 4.66. The van der Waals surface area contributed by atoms with Crippen LogP contribution in [0.15, 0.2) is 46.9 Å². The summed E-state index contributed by atoms with van der Waals surface area (Å²) in [5.74, 6) is 0.919. The normalized spacial score (nSPS) is 12.2. The Hall–Kier alpha value is -0.590. The van der Waals surface area contributed by atoms with Crippen LogP contribution in [0.3, 0.4) is 0 Å². The Kier molecular flexibility index (Phi) is 6.51. The van der Waals surface area contributed by atoms with Gasteiger partial charge < -0.3 is 10.1 Å². The molecule has 0 radical (unpaired) electrons. The topological polar surface area (TPSA) is 21.3 Å². The Morgan fingerprint density at radius 2 is 2.00 bits per heavy atom. The van der Waals surface area contributed by atoms with Crippen LogP contribution in [-0.4, -0.2) is 13.2 Å². The van der Waals surface area contributed by atoms with Crippen molar-refractivity contribution < 1.29 is 4.74 Å². The van der Waals surface area contributed by atoms with Crippen molar-refractivity contribution in [3.8, 4) is 5.75 Å². The maximum atomic E-state index is 5.63. The van der Waals surface area contributed by atoms with Crippen molar-refractivity contribution in [3.63, 3.8) is 0 Å². The van der Waals surface area contributed by atoms with Crippen molar-refractivity contribution in [2.75, 3.05) is 13.2 Å². The molecule has 0 aliphatic carbocycles. The van der Waals surface area contributed by atoms with Crippen molar-refractivity contribution in [3.05, 3.63) is 61.6 Å². The van der Waals surface area contributed by atoms with E-state index in [0.717, 1.165) is 16.8 Å². The molecule has 0 aliphatic rings. The van der Waals surface area contributed by atoms with Crippen LogP contribution in [0.4, 0.5) is 0 Å². The molecule has 21 heavy (non-hydrogen) atoms. The Morgan fingerprint density at radius 3 is 2.71 bits per heavy atom. The second kappa shape index (κ2) is 8.15. The highest BCUT2D eigenvalue weighted by Crippen LogP contribution is 2.30. The van der Waals surface area contributed by atoms with E-state index in [9.17, 15) is 0 Å². The first-order valence-corrected chi connectivity index (χ1v) is 8.94. The van der Waals surface area contributed by atoms with E-state index in [1.54, 1.807) is 0 Å². The molecule has 0 amide bonds. The summed E-state index contributed by atoms with van der Waals surface area (Å²) in [6, 6.07) is 14.9. The van der Waals surface area contributed by atoms with Crippen LogP contribution in [0, 0.1) is 3.57 Å². The number of rotatable bonds is 6. The maximum absolute atomic E-state index is 5.63. The van der Waals surface area contributed by atoms with Crippen molar-refractivity contribution in [2.45, 2.75) is 19.9 Å². The second-order valence-corrected chi connectivity index (χ2v) is 6.74.